The van der Waals surface area contributed by atoms with Crippen molar-refractivity contribution >= 4 is 17.2 Å². The third-order valence-corrected chi connectivity index (χ3v) is 3.77. The van der Waals surface area contributed by atoms with Crippen molar-refractivity contribution in [2.45, 2.75) is 26.4 Å². The van der Waals surface area contributed by atoms with Crippen LogP contribution >= 0.6 is 11.3 Å². The third kappa shape index (κ3) is 3.55. The van der Waals surface area contributed by atoms with Gasteiger partial charge >= 0.3 is 0 Å². The van der Waals surface area contributed by atoms with Gasteiger partial charge in [0.15, 0.2) is 0 Å². The normalized spacial score (nSPS) is 10.6. The van der Waals surface area contributed by atoms with E-state index < -0.39 is 0 Å². The number of nitrogens with one attached hydrogen (secondary N) is 1. The average molecular weight is 291 g/mol. The summed E-state index contributed by atoms with van der Waals surface area (Å²) in [5.74, 6) is 5.99. The Morgan fingerprint density at radius 3 is 3.00 bits per heavy atom. The molecular formula is C14H17N3O2S. The maximum atomic E-state index is 11.3. The van der Waals surface area contributed by atoms with E-state index in [9.17, 15) is 4.79 Å². The van der Waals surface area contributed by atoms with Gasteiger partial charge in [-0.25, -0.2) is 10.8 Å². The summed E-state index contributed by atoms with van der Waals surface area (Å²) in [7, 11) is 0. The minimum absolute atomic E-state index is 0.337. The molecular weight excluding hydrogens is 274 g/mol. The van der Waals surface area contributed by atoms with Gasteiger partial charge in [0, 0.05) is 0 Å². The molecule has 6 heteroatoms. The number of hydrogen-bond donors (Lipinski definition) is 2. The zero-order chi connectivity index (χ0) is 14.5. The summed E-state index contributed by atoms with van der Waals surface area (Å²) >= 11 is 1.27. The fourth-order valence-electron chi connectivity index (χ4n) is 1.66. The molecule has 1 heterocycles. The van der Waals surface area contributed by atoms with Crippen molar-refractivity contribution in [2.75, 3.05) is 0 Å². The molecule has 2 aromatic rings. The molecule has 5 nitrogen and oxygen atoms in total. The first-order chi connectivity index (χ1) is 9.60. The van der Waals surface area contributed by atoms with Gasteiger partial charge in [0.25, 0.3) is 5.91 Å². The van der Waals surface area contributed by atoms with E-state index in [4.69, 9.17) is 10.6 Å². The maximum absolute atomic E-state index is 11.3. The van der Waals surface area contributed by atoms with Crippen LogP contribution in [0.5, 0.6) is 5.75 Å². The molecule has 0 radical (unpaired) electrons. The SMILES string of the molecule is CC(C)c1cccc(OCc2ncc(C(=O)NN)s2)c1. The van der Waals surface area contributed by atoms with Crippen LogP contribution in [-0.4, -0.2) is 10.9 Å². The number of thiazole rings is 1. The predicted octanol–water partition coefficient (Wildman–Crippen LogP) is 2.45. The van der Waals surface area contributed by atoms with Crippen LogP contribution in [0, 0.1) is 0 Å². The van der Waals surface area contributed by atoms with E-state index in [0.29, 0.717) is 17.4 Å². The monoisotopic (exact) mass is 291 g/mol. The Morgan fingerprint density at radius 1 is 1.50 bits per heavy atom. The summed E-state index contributed by atoms with van der Waals surface area (Å²) in [5.41, 5.74) is 3.31. The zero-order valence-electron chi connectivity index (χ0n) is 11.4. The molecule has 0 saturated carbocycles. The van der Waals surface area contributed by atoms with Gasteiger partial charge in [0.1, 0.15) is 22.2 Å². The molecule has 2 rings (SSSR count). The van der Waals surface area contributed by atoms with E-state index in [1.54, 1.807) is 0 Å². The highest BCUT2D eigenvalue weighted by atomic mass is 32.1. The third-order valence-electron chi connectivity index (χ3n) is 2.80. The molecule has 1 aromatic heterocycles. The Hall–Kier alpha value is -1.92. The average Bonchev–Trinajstić information content (AvgIpc) is 2.93. The second kappa shape index (κ2) is 6.49. The van der Waals surface area contributed by atoms with Crippen molar-refractivity contribution in [1.82, 2.24) is 10.4 Å². The number of carbonyl (C=O) groups is 1. The Balaban J connectivity index is 2.00. The number of nitrogens with zero attached hydrogens (tertiary/aromatic N) is 1. The highest BCUT2D eigenvalue weighted by Crippen LogP contribution is 2.21. The fourth-order valence-corrected chi connectivity index (χ4v) is 2.40. The number of benzene rings is 1. The summed E-state index contributed by atoms with van der Waals surface area (Å²) in [5, 5.41) is 0.735. The molecule has 0 saturated heterocycles. The second-order valence-corrected chi connectivity index (χ2v) is 5.72. The van der Waals surface area contributed by atoms with Gasteiger partial charge in [-0.15, -0.1) is 11.3 Å². The van der Waals surface area contributed by atoms with Crippen molar-refractivity contribution in [3.05, 3.63) is 45.9 Å². The first kappa shape index (κ1) is 14.5. The number of nitrogens with two attached hydrogens (primary N) is 1. The minimum atomic E-state index is -0.337. The summed E-state index contributed by atoms with van der Waals surface area (Å²) in [6.45, 7) is 4.61. The van der Waals surface area contributed by atoms with Crippen molar-refractivity contribution in [1.29, 1.82) is 0 Å². The van der Waals surface area contributed by atoms with Gasteiger partial charge in [-0.05, 0) is 23.6 Å². The molecule has 1 aromatic carbocycles. The first-order valence-corrected chi connectivity index (χ1v) is 7.10. The van der Waals surface area contributed by atoms with Gasteiger partial charge in [0.2, 0.25) is 0 Å². The van der Waals surface area contributed by atoms with Crippen LogP contribution in [0.1, 0.15) is 40.0 Å². The molecule has 1 amide bonds. The maximum Gasteiger partial charge on any atom is 0.276 e. The number of ether oxygens (including phenoxy) is 1. The largest absolute Gasteiger partial charge is 0.486 e. The summed E-state index contributed by atoms with van der Waals surface area (Å²) < 4.78 is 5.69. The van der Waals surface area contributed by atoms with E-state index >= 15 is 0 Å². The van der Waals surface area contributed by atoms with E-state index in [1.165, 1.54) is 23.1 Å². The lowest BCUT2D eigenvalue weighted by atomic mass is 10.0. The standard InChI is InChI=1S/C14H17N3O2S/c1-9(2)10-4-3-5-11(6-10)19-8-13-16-7-12(20-13)14(18)17-15/h3-7,9H,8,15H2,1-2H3,(H,17,18). The quantitative estimate of drug-likeness (QED) is 0.504. The van der Waals surface area contributed by atoms with Crippen LogP contribution in [0.4, 0.5) is 0 Å². The first-order valence-electron chi connectivity index (χ1n) is 6.28. The number of hydrogen-bond acceptors (Lipinski definition) is 5. The van der Waals surface area contributed by atoms with Crippen molar-refractivity contribution in [2.24, 2.45) is 5.84 Å². The number of hydrazine groups is 1. The number of amides is 1. The number of rotatable bonds is 5. The smallest absolute Gasteiger partial charge is 0.276 e. The molecule has 0 aliphatic rings. The fraction of sp³-hybridized carbons (Fsp3) is 0.286. The van der Waals surface area contributed by atoms with Gasteiger partial charge in [-0.2, -0.15) is 0 Å². The lowest BCUT2D eigenvalue weighted by molar-refractivity contribution is 0.0957. The van der Waals surface area contributed by atoms with Crippen LogP contribution in [-0.2, 0) is 6.61 Å². The van der Waals surface area contributed by atoms with Crippen molar-refractivity contribution < 1.29 is 9.53 Å². The summed E-state index contributed by atoms with van der Waals surface area (Å²) in [6, 6.07) is 7.98. The number of aromatic nitrogens is 1. The molecule has 106 valence electrons. The Kier molecular flexibility index (Phi) is 4.70. The molecule has 0 fully saturated rings. The summed E-state index contributed by atoms with van der Waals surface area (Å²) in [4.78, 5) is 15.9. The number of carbonyl (C=O) groups excluding carboxylic acids is 1. The van der Waals surface area contributed by atoms with Gasteiger partial charge in [0.05, 0.1) is 6.20 Å². The summed E-state index contributed by atoms with van der Waals surface area (Å²) in [6.07, 6.45) is 1.50. The molecule has 20 heavy (non-hydrogen) atoms. The van der Waals surface area contributed by atoms with Crippen LogP contribution in [0.3, 0.4) is 0 Å². The lowest BCUT2D eigenvalue weighted by Gasteiger charge is -2.08. The van der Waals surface area contributed by atoms with E-state index in [1.807, 2.05) is 18.2 Å². The second-order valence-electron chi connectivity index (χ2n) is 4.61. The molecule has 0 unspecified atom stereocenters. The van der Waals surface area contributed by atoms with Crippen LogP contribution < -0.4 is 16.0 Å². The van der Waals surface area contributed by atoms with E-state index in [0.717, 1.165) is 10.8 Å². The van der Waals surface area contributed by atoms with Crippen molar-refractivity contribution in [3.8, 4) is 5.75 Å². The Labute approximate surface area is 121 Å². The molecule has 0 spiro atoms. The molecule has 3 N–H and O–H groups in total. The topological polar surface area (TPSA) is 77.2 Å². The molecule has 0 aliphatic heterocycles. The van der Waals surface area contributed by atoms with Gasteiger partial charge in [-0.3, -0.25) is 10.2 Å². The Bertz CT molecular complexity index is 596. The molecule has 0 atom stereocenters. The predicted molar refractivity (Wildman–Crippen MR) is 78.6 cm³/mol. The van der Waals surface area contributed by atoms with E-state index in [-0.39, 0.29) is 5.91 Å². The zero-order valence-corrected chi connectivity index (χ0v) is 12.2. The molecule has 0 aliphatic carbocycles. The van der Waals surface area contributed by atoms with Crippen LogP contribution in [0.15, 0.2) is 30.5 Å². The van der Waals surface area contributed by atoms with Crippen LogP contribution in [0.25, 0.3) is 0 Å². The lowest BCUT2D eigenvalue weighted by Crippen LogP contribution is -2.29. The van der Waals surface area contributed by atoms with E-state index in [2.05, 4.69) is 30.3 Å². The molecule has 0 bridgehead atoms. The van der Waals surface area contributed by atoms with Crippen LogP contribution in [0.2, 0.25) is 0 Å². The van der Waals surface area contributed by atoms with Gasteiger partial charge < -0.3 is 4.74 Å². The Morgan fingerprint density at radius 2 is 2.30 bits per heavy atom. The number of nitrogen functional groups attached to an aromatic ring is 1. The minimum Gasteiger partial charge on any atom is -0.486 e. The highest BCUT2D eigenvalue weighted by molar-refractivity contribution is 7.13. The van der Waals surface area contributed by atoms with Gasteiger partial charge in [-0.1, -0.05) is 26.0 Å². The van der Waals surface area contributed by atoms with Crippen molar-refractivity contribution in [3.63, 3.8) is 0 Å². The highest BCUT2D eigenvalue weighted by Gasteiger charge is 2.09.